The molecule has 0 N–H and O–H groups in total. The number of ether oxygens (including phenoxy) is 1. The van der Waals surface area contributed by atoms with Gasteiger partial charge in [0.25, 0.3) is 0 Å². The van der Waals surface area contributed by atoms with E-state index < -0.39 is 0 Å². The topological polar surface area (TPSA) is 39.9 Å². The first-order valence-corrected chi connectivity index (χ1v) is 4.40. The molecule has 4 nitrogen and oxygen atoms in total. The van der Waals surface area contributed by atoms with Gasteiger partial charge in [-0.3, -0.25) is 4.57 Å². The van der Waals surface area contributed by atoms with Crippen LogP contribution in [0.5, 0.6) is 0 Å². The molecule has 1 aromatic rings. The first kappa shape index (κ1) is 7.73. The summed E-state index contributed by atoms with van der Waals surface area (Å²) in [6, 6.07) is 0. The summed E-state index contributed by atoms with van der Waals surface area (Å²) in [6.45, 7) is 3.56. The summed E-state index contributed by atoms with van der Waals surface area (Å²) in [5, 5.41) is 8.21. The van der Waals surface area contributed by atoms with Crippen molar-refractivity contribution in [2.45, 2.75) is 32.9 Å². The lowest BCUT2D eigenvalue weighted by molar-refractivity contribution is 0.0826. The van der Waals surface area contributed by atoms with Gasteiger partial charge >= 0.3 is 0 Å². The fourth-order valence-corrected chi connectivity index (χ4v) is 1.46. The molecule has 1 aliphatic heterocycles. The van der Waals surface area contributed by atoms with Gasteiger partial charge < -0.3 is 4.74 Å². The van der Waals surface area contributed by atoms with Crippen molar-refractivity contribution in [2.75, 3.05) is 6.61 Å². The molecule has 1 aliphatic rings. The van der Waals surface area contributed by atoms with E-state index in [-0.39, 0.29) is 0 Å². The molecule has 0 fully saturated rings. The van der Waals surface area contributed by atoms with Gasteiger partial charge in [0.15, 0.2) is 0 Å². The molecule has 66 valence electrons. The lowest BCUT2D eigenvalue weighted by Gasteiger charge is -2.03. The molecule has 0 atom stereocenters. The maximum absolute atomic E-state index is 5.40. The van der Waals surface area contributed by atoms with E-state index >= 15 is 0 Å². The fraction of sp³-hybridized carbons (Fsp3) is 0.750. The Bertz CT molecular complexity index is 269. The Balaban J connectivity index is 2.32. The molecule has 4 heteroatoms. The highest BCUT2D eigenvalue weighted by Crippen LogP contribution is 2.09. The molecule has 12 heavy (non-hydrogen) atoms. The van der Waals surface area contributed by atoms with Crippen molar-refractivity contribution in [3.63, 3.8) is 0 Å². The summed E-state index contributed by atoms with van der Waals surface area (Å²) in [6.07, 6.45) is 2.98. The van der Waals surface area contributed by atoms with Crippen LogP contribution >= 0.6 is 0 Å². The minimum Gasteiger partial charge on any atom is -0.361 e. The Morgan fingerprint density at radius 1 is 1.50 bits per heavy atom. The monoisotopic (exact) mass is 167 g/mol. The summed E-state index contributed by atoms with van der Waals surface area (Å²) >= 11 is 0. The molecule has 1 aromatic heterocycles. The van der Waals surface area contributed by atoms with E-state index in [1.807, 2.05) is 0 Å². The first-order chi connectivity index (χ1) is 5.92. The summed E-state index contributed by atoms with van der Waals surface area (Å²) in [4.78, 5) is 0. The maximum atomic E-state index is 5.40. The minimum absolute atomic E-state index is 0.630. The molecule has 0 spiro atoms. The van der Waals surface area contributed by atoms with E-state index in [0.29, 0.717) is 6.73 Å². The van der Waals surface area contributed by atoms with E-state index in [9.17, 15) is 0 Å². The van der Waals surface area contributed by atoms with E-state index in [1.165, 1.54) is 0 Å². The van der Waals surface area contributed by atoms with Crippen LogP contribution in [0.3, 0.4) is 0 Å². The lowest BCUT2D eigenvalue weighted by Crippen LogP contribution is -2.06. The second-order valence-electron chi connectivity index (χ2n) is 2.95. The zero-order valence-electron chi connectivity index (χ0n) is 7.29. The molecule has 0 saturated carbocycles. The highest BCUT2D eigenvalue weighted by Gasteiger charge is 2.12. The fourth-order valence-electron chi connectivity index (χ4n) is 1.46. The molecule has 0 amide bonds. The van der Waals surface area contributed by atoms with Crippen LogP contribution in [0.15, 0.2) is 0 Å². The van der Waals surface area contributed by atoms with Crippen LogP contribution in [0, 0.1) is 0 Å². The number of fused-ring (bicyclic) bond motifs is 1. The number of hydrogen-bond acceptors (Lipinski definition) is 3. The van der Waals surface area contributed by atoms with Gasteiger partial charge in [0.1, 0.15) is 18.4 Å². The molecule has 0 saturated heterocycles. The van der Waals surface area contributed by atoms with Crippen LogP contribution in [0.1, 0.15) is 25.0 Å². The maximum Gasteiger partial charge on any atom is 0.135 e. The van der Waals surface area contributed by atoms with Crippen LogP contribution in [-0.2, 0) is 24.3 Å². The van der Waals surface area contributed by atoms with Crippen molar-refractivity contribution in [3.8, 4) is 0 Å². The predicted octanol–water partition coefficient (Wildman–Crippen LogP) is 0.761. The molecule has 0 aromatic carbocycles. The van der Waals surface area contributed by atoms with Crippen molar-refractivity contribution in [2.24, 2.45) is 0 Å². The number of aryl methyl sites for hydroxylation is 2. The molecule has 0 bridgehead atoms. The highest BCUT2D eigenvalue weighted by molar-refractivity contribution is 4.96. The van der Waals surface area contributed by atoms with Crippen LogP contribution in [0.2, 0.25) is 0 Å². The van der Waals surface area contributed by atoms with E-state index in [4.69, 9.17) is 4.74 Å². The van der Waals surface area contributed by atoms with Crippen molar-refractivity contribution in [3.05, 3.63) is 11.6 Å². The Morgan fingerprint density at radius 2 is 2.42 bits per heavy atom. The summed E-state index contributed by atoms with van der Waals surface area (Å²) < 4.78 is 7.48. The molecular formula is C8H13N3O. The van der Waals surface area contributed by atoms with E-state index in [2.05, 4.69) is 21.7 Å². The summed E-state index contributed by atoms with van der Waals surface area (Å²) in [5.74, 6) is 2.11. The Kier molecular flexibility index (Phi) is 2.08. The molecule has 2 heterocycles. The SMILES string of the molecule is CCc1nnc2n1COCCC2. The average Bonchev–Trinajstić information content (AvgIpc) is 2.33. The quantitative estimate of drug-likeness (QED) is 0.620. The smallest absolute Gasteiger partial charge is 0.135 e. The third-order valence-corrected chi connectivity index (χ3v) is 2.13. The number of hydrogen-bond donors (Lipinski definition) is 0. The number of nitrogens with zero attached hydrogens (tertiary/aromatic N) is 3. The van der Waals surface area contributed by atoms with Crippen molar-refractivity contribution in [1.82, 2.24) is 14.8 Å². The minimum atomic E-state index is 0.630. The summed E-state index contributed by atoms with van der Waals surface area (Å²) in [5.41, 5.74) is 0. The van der Waals surface area contributed by atoms with Gasteiger partial charge in [-0.1, -0.05) is 6.92 Å². The Morgan fingerprint density at radius 3 is 3.25 bits per heavy atom. The average molecular weight is 167 g/mol. The second-order valence-corrected chi connectivity index (χ2v) is 2.95. The van der Waals surface area contributed by atoms with Crippen LogP contribution in [-0.4, -0.2) is 21.4 Å². The lowest BCUT2D eigenvalue weighted by atomic mass is 10.3. The largest absolute Gasteiger partial charge is 0.361 e. The van der Waals surface area contributed by atoms with Crippen molar-refractivity contribution >= 4 is 0 Å². The normalized spacial score (nSPS) is 17.1. The zero-order chi connectivity index (χ0) is 8.39. The van der Waals surface area contributed by atoms with E-state index in [1.54, 1.807) is 0 Å². The van der Waals surface area contributed by atoms with Gasteiger partial charge in [0.2, 0.25) is 0 Å². The number of aromatic nitrogens is 3. The standard InChI is InChI=1S/C8H13N3O/c1-2-7-9-10-8-4-3-5-12-6-11(7)8/h2-6H2,1H3. The Hall–Kier alpha value is -0.900. The van der Waals surface area contributed by atoms with Gasteiger partial charge in [-0.05, 0) is 6.42 Å². The highest BCUT2D eigenvalue weighted by atomic mass is 16.5. The van der Waals surface area contributed by atoms with Gasteiger partial charge in [0, 0.05) is 19.4 Å². The predicted molar refractivity (Wildman–Crippen MR) is 43.7 cm³/mol. The van der Waals surface area contributed by atoms with Gasteiger partial charge in [-0.25, -0.2) is 0 Å². The summed E-state index contributed by atoms with van der Waals surface area (Å²) in [7, 11) is 0. The van der Waals surface area contributed by atoms with E-state index in [0.717, 1.165) is 37.5 Å². The van der Waals surface area contributed by atoms with Crippen molar-refractivity contribution in [1.29, 1.82) is 0 Å². The third kappa shape index (κ3) is 1.22. The van der Waals surface area contributed by atoms with Crippen LogP contribution in [0.25, 0.3) is 0 Å². The number of rotatable bonds is 1. The van der Waals surface area contributed by atoms with Crippen LogP contribution < -0.4 is 0 Å². The molecule has 2 rings (SSSR count). The van der Waals surface area contributed by atoms with Gasteiger partial charge in [-0.15, -0.1) is 10.2 Å². The third-order valence-electron chi connectivity index (χ3n) is 2.13. The van der Waals surface area contributed by atoms with Crippen LogP contribution in [0.4, 0.5) is 0 Å². The molecular weight excluding hydrogens is 154 g/mol. The first-order valence-electron chi connectivity index (χ1n) is 4.40. The Labute approximate surface area is 71.6 Å². The van der Waals surface area contributed by atoms with Gasteiger partial charge in [-0.2, -0.15) is 0 Å². The molecule has 0 unspecified atom stereocenters. The zero-order valence-corrected chi connectivity index (χ0v) is 7.29. The van der Waals surface area contributed by atoms with Gasteiger partial charge in [0.05, 0.1) is 0 Å². The van der Waals surface area contributed by atoms with Crippen molar-refractivity contribution < 1.29 is 4.74 Å². The molecule has 0 aliphatic carbocycles. The second kappa shape index (κ2) is 3.23. The molecule has 0 radical (unpaired) electrons.